The van der Waals surface area contributed by atoms with Crippen molar-refractivity contribution in [3.05, 3.63) is 20.8 Å². The van der Waals surface area contributed by atoms with Crippen molar-refractivity contribution in [1.29, 1.82) is 0 Å². The number of carbonyl (C=O) groups is 1. The second kappa shape index (κ2) is 9.70. The van der Waals surface area contributed by atoms with Crippen molar-refractivity contribution in [3.63, 3.8) is 0 Å². The highest BCUT2D eigenvalue weighted by atomic mass is 79.9. The fraction of sp³-hybridized carbons (Fsp3) is 0.643. The molecule has 4 heteroatoms. The van der Waals surface area contributed by atoms with E-state index in [4.69, 9.17) is 4.74 Å². The van der Waals surface area contributed by atoms with Crippen LogP contribution in [0.3, 0.4) is 0 Å². The molecule has 0 aromatic carbocycles. The van der Waals surface area contributed by atoms with Crippen LogP contribution in [0.15, 0.2) is 15.9 Å². The zero-order chi connectivity index (χ0) is 13.2. The van der Waals surface area contributed by atoms with Gasteiger partial charge in [-0.25, -0.2) is 0 Å². The lowest BCUT2D eigenvalue weighted by molar-refractivity contribution is 0.0755. The Hall–Kier alpha value is -0.190. The van der Waals surface area contributed by atoms with Gasteiger partial charge in [-0.2, -0.15) is 0 Å². The normalized spacial score (nSPS) is 10.8. The van der Waals surface area contributed by atoms with Crippen molar-refractivity contribution >= 4 is 33.0 Å². The van der Waals surface area contributed by atoms with Crippen LogP contribution < -0.4 is 0 Å². The molecule has 0 aliphatic rings. The summed E-state index contributed by atoms with van der Waals surface area (Å²) in [7, 11) is 0. The van der Waals surface area contributed by atoms with E-state index in [9.17, 15) is 4.79 Å². The molecule has 102 valence electrons. The molecule has 0 N–H and O–H groups in total. The Labute approximate surface area is 122 Å². The van der Waals surface area contributed by atoms with E-state index in [1.165, 1.54) is 43.4 Å². The molecule has 0 amide bonds. The Morgan fingerprint density at radius 3 is 2.67 bits per heavy atom. The number of ether oxygens (including phenoxy) is 1. The van der Waals surface area contributed by atoms with Crippen LogP contribution in [0.25, 0.3) is 0 Å². The Morgan fingerprint density at radius 1 is 1.28 bits per heavy atom. The number of thiophene rings is 1. The number of rotatable bonds is 10. The maximum absolute atomic E-state index is 11.8. The summed E-state index contributed by atoms with van der Waals surface area (Å²) >= 11 is 4.82. The average Bonchev–Trinajstić information content (AvgIpc) is 2.79. The minimum atomic E-state index is 0.0721. The van der Waals surface area contributed by atoms with Gasteiger partial charge >= 0.3 is 0 Å². The van der Waals surface area contributed by atoms with E-state index in [-0.39, 0.29) is 12.4 Å². The molecular formula is C14H21BrO2S. The van der Waals surface area contributed by atoms with E-state index in [1.807, 2.05) is 11.4 Å². The van der Waals surface area contributed by atoms with Crippen molar-refractivity contribution in [1.82, 2.24) is 0 Å². The number of hydrogen-bond acceptors (Lipinski definition) is 3. The third-order valence-corrected chi connectivity index (χ3v) is 4.62. The molecule has 0 aliphatic heterocycles. The van der Waals surface area contributed by atoms with Crippen LogP contribution in [0.2, 0.25) is 0 Å². The number of hydrogen-bond donors (Lipinski definition) is 0. The molecular weight excluding hydrogens is 312 g/mol. The SMILES string of the molecule is CCCCCCCCOCC(=O)c1sccc1Br. The van der Waals surface area contributed by atoms with Gasteiger partial charge in [0.1, 0.15) is 6.61 Å². The van der Waals surface area contributed by atoms with Gasteiger partial charge in [0.2, 0.25) is 0 Å². The Morgan fingerprint density at radius 2 is 2.00 bits per heavy atom. The van der Waals surface area contributed by atoms with Gasteiger partial charge in [-0.15, -0.1) is 11.3 Å². The first-order valence-electron chi connectivity index (χ1n) is 6.59. The zero-order valence-electron chi connectivity index (χ0n) is 10.9. The van der Waals surface area contributed by atoms with Gasteiger partial charge in [0, 0.05) is 11.1 Å². The quantitative estimate of drug-likeness (QED) is 0.441. The minimum Gasteiger partial charge on any atom is -0.373 e. The molecule has 0 atom stereocenters. The Kier molecular flexibility index (Phi) is 8.55. The van der Waals surface area contributed by atoms with E-state index >= 15 is 0 Å². The maximum Gasteiger partial charge on any atom is 0.199 e. The van der Waals surface area contributed by atoms with Crippen LogP contribution in [0.5, 0.6) is 0 Å². The van der Waals surface area contributed by atoms with Crippen LogP contribution in [-0.2, 0) is 4.74 Å². The van der Waals surface area contributed by atoms with Crippen molar-refractivity contribution in [2.75, 3.05) is 13.2 Å². The molecule has 0 saturated heterocycles. The largest absolute Gasteiger partial charge is 0.373 e. The summed E-state index contributed by atoms with van der Waals surface area (Å²) in [6, 6.07) is 1.89. The number of halogens is 1. The van der Waals surface area contributed by atoms with Crippen LogP contribution in [0.4, 0.5) is 0 Å². The molecule has 0 radical (unpaired) electrons. The van der Waals surface area contributed by atoms with Crippen LogP contribution in [0.1, 0.15) is 55.1 Å². The molecule has 2 nitrogen and oxygen atoms in total. The molecule has 0 bridgehead atoms. The highest BCUT2D eigenvalue weighted by Gasteiger charge is 2.11. The number of ketones is 1. The summed E-state index contributed by atoms with van der Waals surface area (Å²) in [4.78, 5) is 12.5. The second-order valence-electron chi connectivity index (χ2n) is 4.34. The summed E-state index contributed by atoms with van der Waals surface area (Å²) in [5.41, 5.74) is 0. The lowest BCUT2D eigenvalue weighted by Crippen LogP contribution is -2.08. The van der Waals surface area contributed by atoms with Gasteiger partial charge in [-0.3, -0.25) is 4.79 Å². The minimum absolute atomic E-state index is 0.0721. The third kappa shape index (κ3) is 6.12. The smallest absolute Gasteiger partial charge is 0.199 e. The predicted molar refractivity (Wildman–Crippen MR) is 80.5 cm³/mol. The summed E-state index contributed by atoms with van der Waals surface area (Å²) in [5, 5.41) is 1.91. The van der Waals surface area contributed by atoms with E-state index in [2.05, 4.69) is 22.9 Å². The highest BCUT2D eigenvalue weighted by molar-refractivity contribution is 9.10. The molecule has 18 heavy (non-hydrogen) atoms. The van der Waals surface area contributed by atoms with E-state index < -0.39 is 0 Å². The van der Waals surface area contributed by atoms with Gasteiger partial charge in [0.15, 0.2) is 5.78 Å². The van der Waals surface area contributed by atoms with Gasteiger partial charge < -0.3 is 4.74 Å². The van der Waals surface area contributed by atoms with Gasteiger partial charge in [-0.1, -0.05) is 39.0 Å². The lowest BCUT2D eigenvalue weighted by atomic mass is 10.1. The second-order valence-corrected chi connectivity index (χ2v) is 6.11. The maximum atomic E-state index is 11.8. The molecule has 1 heterocycles. The Balaban J connectivity index is 2.01. The average molecular weight is 333 g/mol. The molecule has 1 aromatic rings. The standard InChI is InChI=1S/C14H21BrO2S/c1-2-3-4-5-6-7-9-17-11-13(16)14-12(15)8-10-18-14/h8,10H,2-7,9,11H2,1H3. The Bertz CT molecular complexity index is 349. The molecule has 0 spiro atoms. The molecule has 0 saturated carbocycles. The van der Waals surface area contributed by atoms with Crippen LogP contribution in [0, 0.1) is 0 Å². The summed E-state index contributed by atoms with van der Waals surface area (Å²) in [6.07, 6.45) is 7.46. The van der Waals surface area contributed by atoms with E-state index in [0.29, 0.717) is 6.61 Å². The first kappa shape index (κ1) is 15.9. The molecule has 0 unspecified atom stereocenters. The van der Waals surface area contributed by atoms with Gasteiger partial charge in [0.25, 0.3) is 0 Å². The molecule has 1 rings (SSSR count). The summed E-state index contributed by atoms with van der Waals surface area (Å²) < 4.78 is 6.29. The predicted octanol–water partition coefficient (Wildman–Crippen LogP) is 5.07. The summed E-state index contributed by atoms with van der Waals surface area (Å²) in [5.74, 6) is 0.0721. The topological polar surface area (TPSA) is 26.3 Å². The van der Waals surface area contributed by atoms with Crippen LogP contribution >= 0.6 is 27.3 Å². The van der Waals surface area contributed by atoms with Crippen LogP contribution in [-0.4, -0.2) is 19.0 Å². The fourth-order valence-electron chi connectivity index (χ4n) is 1.71. The molecule has 0 fully saturated rings. The number of unbranched alkanes of at least 4 members (excludes halogenated alkanes) is 5. The lowest BCUT2D eigenvalue weighted by Gasteiger charge is -2.03. The first-order chi connectivity index (χ1) is 8.75. The van der Waals surface area contributed by atoms with Crippen molar-refractivity contribution in [2.45, 2.75) is 45.4 Å². The monoisotopic (exact) mass is 332 g/mol. The molecule has 0 aliphatic carbocycles. The molecule has 1 aromatic heterocycles. The fourth-order valence-corrected chi connectivity index (χ4v) is 3.23. The van der Waals surface area contributed by atoms with Gasteiger partial charge in [-0.05, 0) is 33.8 Å². The van der Waals surface area contributed by atoms with Crippen molar-refractivity contribution in [3.8, 4) is 0 Å². The van der Waals surface area contributed by atoms with E-state index in [1.54, 1.807) is 0 Å². The number of carbonyl (C=O) groups excluding carboxylic acids is 1. The van der Waals surface area contributed by atoms with Gasteiger partial charge in [0.05, 0.1) is 4.88 Å². The number of Topliss-reactive ketones (excluding diaryl/α,β-unsaturated/α-hetero) is 1. The highest BCUT2D eigenvalue weighted by Crippen LogP contribution is 2.23. The van der Waals surface area contributed by atoms with Crippen molar-refractivity contribution in [2.24, 2.45) is 0 Å². The van der Waals surface area contributed by atoms with E-state index in [0.717, 1.165) is 15.8 Å². The first-order valence-corrected chi connectivity index (χ1v) is 8.27. The van der Waals surface area contributed by atoms with Crippen molar-refractivity contribution < 1.29 is 9.53 Å². The zero-order valence-corrected chi connectivity index (χ0v) is 13.3. The summed E-state index contributed by atoms with van der Waals surface area (Å²) in [6.45, 7) is 3.12. The third-order valence-electron chi connectivity index (χ3n) is 2.75.